The SMILES string of the molecule is Cc1ccc2c(-c3nc4ccccc4n3-c3ccccc3)c3ccccc3c(-c3ccc4c(c3)C(C)(C)c3ccccc3-4)c2c1. The van der Waals surface area contributed by atoms with Crippen molar-refractivity contribution in [1.29, 1.82) is 0 Å². The van der Waals surface area contributed by atoms with Gasteiger partial charge in [0.05, 0.1) is 11.0 Å². The van der Waals surface area contributed by atoms with Crippen molar-refractivity contribution in [3.05, 3.63) is 156 Å². The van der Waals surface area contributed by atoms with Gasteiger partial charge in [-0.1, -0.05) is 129 Å². The number of hydrogen-bond acceptors (Lipinski definition) is 1. The average molecular weight is 577 g/mol. The molecule has 8 aromatic rings. The first kappa shape index (κ1) is 26.0. The van der Waals surface area contributed by atoms with E-state index in [1.54, 1.807) is 0 Å². The van der Waals surface area contributed by atoms with Crippen LogP contribution in [0.2, 0.25) is 0 Å². The molecule has 0 atom stereocenters. The van der Waals surface area contributed by atoms with Crippen LogP contribution in [0.1, 0.15) is 30.5 Å². The summed E-state index contributed by atoms with van der Waals surface area (Å²) in [5, 5.41) is 4.92. The molecule has 0 bridgehead atoms. The number of nitrogens with zero attached hydrogens (tertiary/aromatic N) is 2. The monoisotopic (exact) mass is 576 g/mol. The van der Waals surface area contributed by atoms with E-state index in [2.05, 4.69) is 165 Å². The van der Waals surface area contributed by atoms with Gasteiger partial charge in [-0.2, -0.15) is 0 Å². The molecule has 0 saturated heterocycles. The molecule has 2 heteroatoms. The van der Waals surface area contributed by atoms with Crippen LogP contribution in [0, 0.1) is 6.92 Å². The van der Waals surface area contributed by atoms with E-state index in [1.807, 2.05) is 0 Å². The van der Waals surface area contributed by atoms with Crippen molar-refractivity contribution in [2.45, 2.75) is 26.2 Å². The van der Waals surface area contributed by atoms with Crippen molar-refractivity contribution in [3.63, 3.8) is 0 Å². The molecule has 1 aromatic heterocycles. The van der Waals surface area contributed by atoms with Crippen LogP contribution in [0.3, 0.4) is 0 Å². The second-order valence-corrected chi connectivity index (χ2v) is 12.9. The first-order valence-electron chi connectivity index (χ1n) is 15.7. The van der Waals surface area contributed by atoms with E-state index < -0.39 is 0 Å². The Balaban J connectivity index is 1.39. The molecule has 1 heterocycles. The lowest BCUT2D eigenvalue weighted by molar-refractivity contribution is 0.660. The largest absolute Gasteiger partial charge is 0.292 e. The Morgan fingerprint density at radius 2 is 1.20 bits per heavy atom. The third kappa shape index (κ3) is 3.72. The Morgan fingerprint density at radius 3 is 2.04 bits per heavy atom. The molecule has 1 aliphatic rings. The number of aromatic nitrogens is 2. The summed E-state index contributed by atoms with van der Waals surface area (Å²) in [5.41, 5.74) is 13.6. The summed E-state index contributed by atoms with van der Waals surface area (Å²) in [5.74, 6) is 0.963. The summed E-state index contributed by atoms with van der Waals surface area (Å²) < 4.78 is 2.32. The average Bonchev–Trinajstić information content (AvgIpc) is 3.56. The van der Waals surface area contributed by atoms with Crippen molar-refractivity contribution in [2.75, 3.05) is 0 Å². The maximum Gasteiger partial charge on any atom is 0.146 e. The molecule has 0 radical (unpaired) electrons. The number of hydrogen-bond donors (Lipinski definition) is 0. The number of para-hydroxylation sites is 3. The maximum absolute atomic E-state index is 5.34. The predicted molar refractivity (Wildman–Crippen MR) is 189 cm³/mol. The van der Waals surface area contributed by atoms with Crippen LogP contribution in [0.25, 0.3) is 71.9 Å². The van der Waals surface area contributed by atoms with E-state index in [1.165, 1.54) is 66.1 Å². The lowest BCUT2D eigenvalue weighted by Gasteiger charge is -2.23. The van der Waals surface area contributed by atoms with E-state index in [0.717, 1.165) is 22.5 Å². The van der Waals surface area contributed by atoms with Gasteiger partial charge in [-0.05, 0) is 92.2 Å². The Hall–Kier alpha value is -5.47. The zero-order valence-corrected chi connectivity index (χ0v) is 25.7. The van der Waals surface area contributed by atoms with Crippen molar-refractivity contribution < 1.29 is 0 Å². The molecule has 45 heavy (non-hydrogen) atoms. The summed E-state index contributed by atoms with van der Waals surface area (Å²) in [6.45, 7) is 6.91. The molecule has 0 unspecified atom stereocenters. The normalized spacial score (nSPS) is 13.4. The summed E-state index contributed by atoms with van der Waals surface area (Å²) in [7, 11) is 0. The van der Waals surface area contributed by atoms with Crippen LogP contribution < -0.4 is 0 Å². The molecule has 0 spiro atoms. The Morgan fingerprint density at radius 1 is 0.533 bits per heavy atom. The molecule has 0 aliphatic heterocycles. The van der Waals surface area contributed by atoms with E-state index >= 15 is 0 Å². The van der Waals surface area contributed by atoms with Crippen LogP contribution in [-0.2, 0) is 5.41 Å². The molecular formula is C43H32N2. The minimum absolute atomic E-state index is 0.0655. The first-order valence-corrected chi connectivity index (χ1v) is 15.7. The van der Waals surface area contributed by atoms with E-state index in [0.29, 0.717) is 0 Å². The van der Waals surface area contributed by atoms with Crippen molar-refractivity contribution in [3.8, 4) is 39.3 Å². The van der Waals surface area contributed by atoms with E-state index in [9.17, 15) is 0 Å². The molecule has 0 saturated carbocycles. The molecule has 0 amide bonds. The molecule has 7 aromatic carbocycles. The van der Waals surface area contributed by atoms with Crippen LogP contribution in [-0.4, -0.2) is 9.55 Å². The van der Waals surface area contributed by atoms with Crippen molar-refractivity contribution >= 4 is 32.6 Å². The number of benzene rings is 7. The van der Waals surface area contributed by atoms with E-state index in [4.69, 9.17) is 4.98 Å². The van der Waals surface area contributed by atoms with E-state index in [-0.39, 0.29) is 5.41 Å². The fourth-order valence-electron chi connectivity index (χ4n) is 7.74. The lowest BCUT2D eigenvalue weighted by Crippen LogP contribution is -2.14. The molecule has 1 aliphatic carbocycles. The maximum atomic E-state index is 5.34. The quantitative estimate of drug-likeness (QED) is 0.191. The zero-order valence-electron chi connectivity index (χ0n) is 25.7. The van der Waals surface area contributed by atoms with Crippen LogP contribution in [0.5, 0.6) is 0 Å². The topological polar surface area (TPSA) is 17.8 Å². The minimum Gasteiger partial charge on any atom is -0.292 e. The van der Waals surface area contributed by atoms with Crippen molar-refractivity contribution in [2.24, 2.45) is 0 Å². The third-order valence-corrected chi connectivity index (χ3v) is 9.85. The molecule has 9 rings (SSSR count). The summed E-state index contributed by atoms with van der Waals surface area (Å²) in [6, 6.07) is 50.9. The summed E-state index contributed by atoms with van der Waals surface area (Å²) in [4.78, 5) is 5.34. The number of rotatable bonds is 3. The highest BCUT2D eigenvalue weighted by Crippen LogP contribution is 2.51. The van der Waals surface area contributed by atoms with Gasteiger partial charge < -0.3 is 0 Å². The Kier molecular flexibility index (Phi) is 5.49. The highest BCUT2D eigenvalue weighted by molar-refractivity contribution is 6.21. The van der Waals surface area contributed by atoms with Gasteiger partial charge in [0.2, 0.25) is 0 Å². The second-order valence-electron chi connectivity index (χ2n) is 12.9. The smallest absolute Gasteiger partial charge is 0.146 e. The first-order chi connectivity index (χ1) is 22.0. The van der Waals surface area contributed by atoms with Gasteiger partial charge in [0.25, 0.3) is 0 Å². The van der Waals surface area contributed by atoms with Gasteiger partial charge in [0, 0.05) is 16.7 Å². The van der Waals surface area contributed by atoms with Gasteiger partial charge in [-0.15, -0.1) is 0 Å². The zero-order chi connectivity index (χ0) is 30.3. The van der Waals surface area contributed by atoms with Gasteiger partial charge >= 0.3 is 0 Å². The van der Waals surface area contributed by atoms with Crippen LogP contribution in [0.15, 0.2) is 140 Å². The molecular weight excluding hydrogens is 544 g/mol. The van der Waals surface area contributed by atoms with Gasteiger partial charge in [-0.3, -0.25) is 4.57 Å². The van der Waals surface area contributed by atoms with Crippen LogP contribution >= 0.6 is 0 Å². The summed E-state index contributed by atoms with van der Waals surface area (Å²) in [6.07, 6.45) is 0. The third-order valence-electron chi connectivity index (χ3n) is 9.85. The fraction of sp³-hybridized carbons (Fsp3) is 0.0930. The number of fused-ring (bicyclic) bond motifs is 6. The Bertz CT molecular complexity index is 2460. The molecule has 2 nitrogen and oxygen atoms in total. The van der Waals surface area contributed by atoms with Gasteiger partial charge in [-0.25, -0.2) is 4.98 Å². The Labute approximate surface area is 263 Å². The predicted octanol–water partition coefficient (Wildman–Crippen LogP) is 11.3. The van der Waals surface area contributed by atoms with Crippen LogP contribution in [0.4, 0.5) is 0 Å². The van der Waals surface area contributed by atoms with Gasteiger partial charge in [0.1, 0.15) is 5.82 Å². The lowest BCUT2D eigenvalue weighted by atomic mass is 9.80. The molecule has 214 valence electrons. The fourth-order valence-corrected chi connectivity index (χ4v) is 7.74. The molecule has 0 N–H and O–H groups in total. The second kappa shape index (κ2) is 9.51. The molecule has 0 fully saturated rings. The minimum atomic E-state index is -0.0655. The number of imidazole rings is 1. The highest BCUT2D eigenvalue weighted by atomic mass is 15.1. The highest BCUT2D eigenvalue weighted by Gasteiger charge is 2.35. The number of aryl methyl sites for hydroxylation is 1. The standard InChI is InChI=1S/C43H32N2/c1-27-21-23-34-35(25-27)40(28-22-24-31-30-15-9-10-18-36(30)43(2,3)37(31)26-28)32-16-7-8-17-33(32)41(34)42-44-38-19-11-12-20-39(38)45(42)29-13-5-4-6-14-29/h4-26H,1-3H3. The van der Waals surface area contributed by atoms with Gasteiger partial charge in [0.15, 0.2) is 0 Å². The van der Waals surface area contributed by atoms with Crippen molar-refractivity contribution in [1.82, 2.24) is 9.55 Å². The summed E-state index contributed by atoms with van der Waals surface area (Å²) >= 11 is 0.